The molecule has 0 saturated carbocycles. The van der Waals surface area contributed by atoms with Crippen molar-refractivity contribution in [2.75, 3.05) is 18.1 Å². The molecule has 120 valence electrons. The van der Waals surface area contributed by atoms with Crippen molar-refractivity contribution in [3.05, 3.63) is 30.3 Å². The molecule has 0 fully saturated rings. The van der Waals surface area contributed by atoms with Gasteiger partial charge < -0.3 is 9.84 Å². The van der Waals surface area contributed by atoms with Crippen molar-refractivity contribution in [1.29, 1.82) is 0 Å². The van der Waals surface area contributed by atoms with Crippen LogP contribution in [0.25, 0.3) is 11.3 Å². The second-order valence-corrected chi connectivity index (χ2v) is 5.19. The standard InChI is InChI=1S/C16H17N3O4/c1-2-23-12-5-3-11(4-6-12)13-9-14-18(10-16(21)22)15(20)7-8-19(14)17-13/h3-6,9H,2,7-8,10H2,1H3,(H,21,22). The van der Waals surface area contributed by atoms with Crippen LogP contribution in [0.2, 0.25) is 0 Å². The smallest absolute Gasteiger partial charge is 0.323 e. The summed E-state index contributed by atoms with van der Waals surface area (Å²) in [6.45, 7) is 2.63. The normalized spacial score (nSPS) is 13.8. The monoisotopic (exact) mass is 315 g/mol. The first-order valence-corrected chi connectivity index (χ1v) is 7.41. The van der Waals surface area contributed by atoms with Crippen LogP contribution >= 0.6 is 0 Å². The fourth-order valence-electron chi connectivity index (χ4n) is 2.59. The van der Waals surface area contributed by atoms with Crippen LogP contribution < -0.4 is 9.64 Å². The Morgan fingerprint density at radius 1 is 1.35 bits per heavy atom. The Hall–Kier alpha value is -2.83. The third kappa shape index (κ3) is 3.03. The number of amides is 1. The first-order chi connectivity index (χ1) is 11.1. The van der Waals surface area contributed by atoms with Gasteiger partial charge in [0.2, 0.25) is 5.91 Å². The van der Waals surface area contributed by atoms with Crippen molar-refractivity contribution in [3.63, 3.8) is 0 Å². The van der Waals surface area contributed by atoms with Gasteiger partial charge in [0.1, 0.15) is 18.1 Å². The number of aromatic nitrogens is 2. The summed E-state index contributed by atoms with van der Waals surface area (Å²) in [7, 11) is 0. The minimum absolute atomic E-state index is 0.196. The van der Waals surface area contributed by atoms with Crippen molar-refractivity contribution in [3.8, 4) is 17.0 Å². The molecule has 0 spiro atoms. The number of carbonyl (C=O) groups excluding carboxylic acids is 1. The fraction of sp³-hybridized carbons (Fsp3) is 0.312. The highest BCUT2D eigenvalue weighted by atomic mass is 16.5. The molecule has 2 heterocycles. The van der Waals surface area contributed by atoms with Crippen LogP contribution in [0.3, 0.4) is 0 Å². The molecule has 0 bridgehead atoms. The van der Waals surface area contributed by atoms with Crippen molar-refractivity contribution in [1.82, 2.24) is 9.78 Å². The van der Waals surface area contributed by atoms with Gasteiger partial charge in [0, 0.05) is 18.1 Å². The second-order valence-electron chi connectivity index (χ2n) is 5.19. The summed E-state index contributed by atoms with van der Waals surface area (Å²) < 4.78 is 7.09. The summed E-state index contributed by atoms with van der Waals surface area (Å²) in [6.07, 6.45) is 0.255. The molecule has 0 unspecified atom stereocenters. The number of benzene rings is 1. The molecule has 1 aliphatic rings. The summed E-state index contributed by atoms with van der Waals surface area (Å²) in [5.41, 5.74) is 1.59. The summed E-state index contributed by atoms with van der Waals surface area (Å²) in [5, 5.41) is 13.5. The first kappa shape index (κ1) is 15.1. The number of anilines is 1. The zero-order valence-electron chi connectivity index (χ0n) is 12.7. The average molecular weight is 315 g/mol. The number of hydrogen-bond acceptors (Lipinski definition) is 4. The molecule has 7 nitrogen and oxygen atoms in total. The molecule has 7 heteroatoms. The number of carbonyl (C=O) groups is 2. The average Bonchev–Trinajstić information content (AvgIpc) is 2.95. The van der Waals surface area contributed by atoms with Crippen LogP contribution in [0.4, 0.5) is 5.82 Å². The van der Waals surface area contributed by atoms with E-state index in [1.54, 1.807) is 10.7 Å². The molecule has 1 aromatic carbocycles. The Kier molecular flexibility index (Phi) is 4.01. The van der Waals surface area contributed by atoms with E-state index >= 15 is 0 Å². The molecule has 1 aromatic heterocycles. The van der Waals surface area contributed by atoms with E-state index in [2.05, 4.69) is 5.10 Å². The van der Waals surface area contributed by atoms with Crippen LogP contribution in [-0.4, -0.2) is 39.9 Å². The molecule has 1 amide bonds. The van der Waals surface area contributed by atoms with Gasteiger partial charge in [-0.3, -0.25) is 14.5 Å². The van der Waals surface area contributed by atoms with Crippen molar-refractivity contribution in [2.24, 2.45) is 0 Å². The van der Waals surface area contributed by atoms with E-state index in [0.29, 0.717) is 24.7 Å². The lowest BCUT2D eigenvalue weighted by Crippen LogP contribution is -2.40. The van der Waals surface area contributed by atoms with Crippen molar-refractivity contribution in [2.45, 2.75) is 19.9 Å². The van der Waals surface area contributed by atoms with Gasteiger partial charge in [-0.25, -0.2) is 4.68 Å². The first-order valence-electron chi connectivity index (χ1n) is 7.41. The molecule has 0 aliphatic carbocycles. The van der Waals surface area contributed by atoms with Gasteiger partial charge in [-0.15, -0.1) is 0 Å². The minimum atomic E-state index is -1.05. The van der Waals surface area contributed by atoms with Gasteiger partial charge >= 0.3 is 5.97 Å². The quantitative estimate of drug-likeness (QED) is 0.909. The maximum absolute atomic E-state index is 12.0. The molecule has 2 aromatic rings. The number of hydrogen-bond donors (Lipinski definition) is 1. The topological polar surface area (TPSA) is 84.7 Å². The molecule has 0 atom stereocenters. The fourth-order valence-corrected chi connectivity index (χ4v) is 2.59. The summed E-state index contributed by atoms with van der Waals surface area (Å²) in [4.78, 5) is 24.2. The number of fused-ring (bicyclic) bond motifs is 1. The summed E-state index contributed by atoms with van der Waals surface area (Å²) >= 11 is 0. The zero-order valence-corrected chi connectivity index (χ0v) is 12.7. The molecule has 0 radical (unpaired) electrons. The lowest BCUT2D eigenvalue weighted by atomic mass is 10.1. The summed E-state index contributed by atoms with van der Waals surface area (Å²) in [5.74, 6) is 0.0594. The Morgan fingerprint density at radius 2 is 2.09 bits per heavy atom. The van der Waals surface area contributed by atoms with Gasteiger partial charge in [0.15, 0.2) is 0 Å². The van der Waals surface area contributed by atoms with Gasteiger partial charge in [-0.05, 0) is 31.2 Å². The predicted octanol–water partition coefficient (Wildman–Crippen LogP) is 1.77. The Labute approximate surface area is 133 Å². The van der Waals surface area contributed by atoms with Crippen LogP contribution in [-0.2, 0) is 16.1 Å². The lowest BCUT2D eigenvalue weighted by Gasteiger charge is -2.25. The van der Waals surface area contributed by atoms with Crippen LogP contribution in [0, 0.1) is 0 Å². The SMILES string of the molecule is CCOc1ccc(-c2cc3n(n2)CCC(=O)N3CC(=O)O)cc1. The van der Waals surface area contributed by atoms with E-state index in [1.165, 1.54) is 4.90 Å². The maximum atomic E-state index is 12.0. The van der Waals surface area contributed by atoms with Crippen molar-refractivity contribution >= 4 is 17.7 Å². The third-order valence-corrected chi connectivity index (χ3v) is 3.63. The third-order valence-electron chi connectivity index (χ3n) is 3.63. The van der Waals surface area contributed by atoms with E-state index < -0.39 is 5.97 Å². The van der Waals surface area contributed by atoms with E-state index in [-0.39, 0.29) is 18.9 Å². The number of ether oxygens (including phenoxy) is 1. The largest absolute Gasteiger partial charge is 0.494 e. The maximum Gasteiger partial charge on any atom is 0.323 e. The highest BCUT2D eigenvalue weighted by Crippen LogP contribution is 2.28. The van der Waals surface area contributed by atoms with E-state index in [9.17, 15) is 9.59 Å². The molecule has 0 saturated heterocycles. The van der Waals surface area contributed by atoms with Crippen molar-refractivity contribution < 1.29 is 19.4 Å². The molecule has 1 aliphatic heterocycles. The number of aliphatic carboxylic acids is 1. The minimum Gasteiger partial charge on any atom is -0.494 e. The van der Waals surface area contributed by atoms with Gasteiger partial charge in [-0.2, -0.15) is 5.10 Å². The number of carboxylic acid groups (broad SMARTS) is 1. The van der Waals surface area contributed by atoms with E-state index in [4.69, 9.17) is 9.84 Å². The van der Waals surface area contributed by atoms with Crippen LogP contribution in [0.15, 0.2) is 30.3 Å². The summed E-state index contributed by atoms with van der Waals surface area (Å²) in [6, 6.07) is 9.25. The number of aryl methyl sites for hydroxylation is 1. The molecule has 3 rings (SSSR count). The van der Waals surface area contributed by atoms with E-state index in [1.807, 2.05) is 31.2 Å². The Balaban J connectivity index is 1.91. The molecular weight excluding hydrogens is 298 g/mol. The highest BCUT2D eigenvalue weighted by molar-refractivity contribution is 5.98. The zero-order chi connectivity index (χ0) is 16.4. The number of carboxylic acids is 1. The van der Waals surface area contributed by atoms with Gasteiger partial charge in [-0.1, -0.05) is 0 Å². The molecule has 23 heavy (non-hydrogen) atoms. The Morgan fingerprint density at radius 3 is 2.74 bits per heavy atom. The second kappa shape index (κ2) is 6.12. The van der Waals surface area contributed by atoms with Crippen LogP contribution in [0.1, 0.15) is 13.3 Å². The lowest BCUT2D eigenvalue weighted by molar-refractivity contribution is -0.136. The predicted molar refractivity (Wildman–Crippen MR) is 83.4 cm³/mol. The number of rotatable bonds is 5. The van der Waals surface area contributed by atoms with Crippen LogP contribution in [0.5, 0.6) is 5.75 Å². The highest BCUT2D eigenvalue weighted by Gasteiger charge is 2.27. The Bertz CT molecular complexity index is 736. The number of nitrogens with zero attached hydrogens (tertiary/aromatic N) is 3. The van der Waals surface area contributed by atoms with E-state index in [0.717, 1.165) is 11.3 Å². The van der Waals surface area contributed by atoms with Gasteiger partial charge in [0.05, 0.1) is 18.8 Å². The van der Waals surface area contributed by atoms with Gasteiger partial charge in [0.25, 0.3) is 0 Å². The molecule has 1 N–H and O–H groups in total. The molecular formula is C16H17N3O4.